The Hall–Kier alpha value is -3.21. The van der Waals surface area contributed by atoms with Gasteiger partial charge in [-0.15, -0.1) is 0 Å². The van der Waals surface area contributed by atoms with E-state index in [4.69, 9.17) is 0 Å². The van der Waals surface area contributed by atoms with Crippen LogP contribution in [0.2, 0.25) is 0 Å². The fraction of sp³-hybridized carbons (Fsp3) is 0.452. The maximum absolute atomic E-state index is 4.52. The van der Waals surface area contributed by atoms with Gasteiger partial charge in [-0.2, -0.15) is 0 Å². The molecule has 5 nitrogen and oxygen atoms in total. The van der Waals surface area contributed by atoms with Gasteiger partial charge in [-0.05, 0) is 65.3 Å². The molecule has 2 aliphatic heterocycles. The second-order valence-corrected chi connectivity index (χ2v) is 11.7. The Labute approximate surface area is 215 Å². The van der Waals surface area contributed by atoms with E-state index in [1.807, 2.05) is 12.3 Å². The summed E-state index contributed by atoms with van der Waals surface area (Å²) in [5.41, 5.74) is 12.3. The fourth-order valence-corrected chi connectivity index (χ4v) is 6.62. The van der Waals surface area contributed by atoms with Gasteiger partial charge in [0, 0.05) is 56.0 Å². The largest absolute Gasteiger partial charge is 0.256 e. The van der Waals surface area contributed by atoms with Crippen LogP contribution in [-0.2, 0) is 25.2 Å². The molecule has 0 N–H and O–H groups in total. The predicted molar refractivity (Wildman–Crippen MR) is 147 cm³/mol. The number of fused-ring (bicyclic) bond motifs is 5. The second-order valence-electron chi connectivity index (χ2n) is 11.7. The number of hydrogen-bond acceptors (Lipinski definition) is 1. The fourth-order valence-electron chi connectivity index (χ4n) is 6.62. The maximum atomic E-state index is 4.52. The van der Waals surface area contributed by atoms with E-state index in [0.29, 0.717) is 0 Å². The summed E-state index contributed by atoms with van der Waals surface area (Å²) in [5.74, 6) is 2.63. The highest BCUT2D eigenvalue weighted by Gasteiger charge is 2.45. The van der Waals surface area contributed by atoms with Gasteiger partial charge in [0.05, 0.1) is 19.6 Å². The molecular formula is C31H41N5+2. The van der Waals surface area contributed by atoms with Crippen molar-refractivity contribution in [2.24, 2.45) is 14.1 Å². The molecule has 5 heteroatoms. The molecule has 0 saturated heterocycles. The van der Waals surface area contributed by atoms with Crippen molar-refractivity contribution in [2.75, 3.05) is 0 Å². The minimum absolute atomic E-state index is 0.0230. The van der Waals surface area contributed by atoms with Crippen molar-refractivity contribution in [1.82, 2.24) is 14.1 Å². The average Bonchev–Trinajstić information content (AvgIpc) is 3.38. The third-order valence-electron chi connectivity index (χ3n) is 9.37. The molecule has 0 bridgehead atoms. The van der Waals surface area contributed by atoms with Gasteiger partial charge in [-0.25, -0.2) is 18.3 Å². The Morgan fingerprint density at radius 1 is 0.750 bits per heavy atom. The third-order valence-corrected chi connectivity index (χ3v) is 9.37. The molecule has 1 aromatic carbocycles. The highest BCUT2D eigenvalue weighted by Crippen LogP contribution is 2.41. The van der Waals surface area contributed by atoms with Gasteiger partial charge in [0.25, 0.3) is 11.6 Å². The Balaban J connectivity index is 0.000000157. The predicted octanol–water partition coefficient (Wildman–Crippen LogP) is 5.71. The molecule has 5 heterocycles. The molecule has 3 aromatic heterocycles. The van der Waals surface area contributed by atoms with Gasteiger partial charge in [0.1, 0.15) is 22.5 Å². The first-order chi connectivity index (χ1) is 16.7. The van der Waals surface area contributed by atoms with E-state index in [9.17, 15) is 0 Å². The van der Waals surface area contributed by atoms with Gasteiger partial charge in [-0.3, -0.25) is 4.98 Å². The van der Waals surface area contributed by atoms with Crippen LogP contribution in [-0.4, -0.2) is 14.1 Å². The summed E-state index contributed by atoms with van der Waals surface area (Å²) in [7, 11) is 4.29. The van der Waals surface area contributed by atoms with Crippen LogP contribution in [0, 0.1) is 27.7 Å². The lowest BCUT2D eigenvalue weighted by Gasteiger charge is -2.19. The lowest BCUT2D eigenvalue weighted by atomic mass is 9.91. The number of nitrogens with zero attached hydrogens (tertiary/aromatic N) is 5. The molecule has 0 aliphatic carbocycles. The monoisotopic (exact) mass is 483 g/mol. The van der Waals surface area contributed by atoms with Crippen molar-refractivity contribution in [1.29, 1.82) is 0 Å². The first-order valence-corrected chi connectivity index (χ1v) is 13.0. The van der Waals surface area contributed by atoms with E-state index in [-0.39, 0.29) is 11.1 Å². The van der Waals surface area contributed by atoms with Crippen LogP contribution in [0.15, 0.2) is 36.0 Å². The highest BCUT2D eigenvalue weighted by molar-refractivity contribution is 5.86. The number of pyridine rings is 1. The topological polar surface area (TPSA) is 30.5 Å². The number of rotatable bonds is 0. The number of allylic oxidation sites excluding steroid dienone is 2. The number of aromatic nitrogens is 5. The van der Waals surface area contributed by atoms with E-state index >= 15 is 0 Å². The van der Waals surface area contributed by atoms with Gasteiger partial charge >= 0.3 is 0 Å². The normalized spacial score (nSPS) is 16.7. The Morgan fingerprint density at radius 2 is 1.31 bits per heavy atom. The van der Waals surface area contributed by atoms with Crippen molar-refractivity contribution >= 4 is 16.5 Å². The molecule has 0 saturated carbocycles. The Kier molecular flexibility index (Phi) is 5.20. The summed E-state index contributed by atoms with van der Waals surface area (Å²) in [6.45, 7) is 22.5. The number of hydrogen-bond donors (Lipinski definition) is 0. The summed E-state index contributed by atoms with van der Waals surface area (Å²) in [4.78, 5) is 4.52. The van der Waals surface area contributed by atoms with E-state index in [1.54, 1.807) is 0 Å². The maximum Gasteiger partial charge on any atom is 0.254 e. The van der Waals surface area contributed by atoms with Crippen LogP contribution in [0.4, 0.5) is 0 Å². The minimum Gasteiger partial charge on any atom is -0.256 e. The lowest BCUT2D eigenvalue weighted by molar-refractivity contribution is -0.749. The van der Waals surface area contributed by atoms with Crippen LogP contribution in [0.1, 0.15) is 75.8 Å². The van der Waals surface area contributed by atoms with Gasteiger partial charge in [0.2, 0.25) is 0 Å². The lowest BCUT2D eigenvalue weighted by Crippen LogP contribution is -2.53. The average molecular weight is 484 g/mol. The standard InChI is InChI=1S/C18H20N3.C13H21N2/c1-11-17-14-10-16-13(7-6-8-19-16)9-15(14)18(3,4)21(17)12(2)20(11)5;1-8-9(2)13(5,6)15-11(4)14(7)10(3)12(8)15/h6-10H,1-5H3;1-7H3/q2*+1. The van der Waals surface area contributed by atoms with E-state index in [0.717, 1.165) is 5.52 Å². The minimum atomic E-state index is -0.0230. The Bertz CT molecular complexity index is 1600. The third kappa shape index (κ3) is 2.98. The van der Waals surface area contributed by atoms with Gasteiger partial charge in [-0.1, -0.05) is 6.07 Å². The van der Waals surface area contributed by atoms with Crippen molar-refractivity contribution < 1.29 is 9.13 Å². The van der Waals surface area contributed by atoms with Crippen molar-refractivity contribution in [3.8, 4) is 11.3 Å². The van der Waals surface area contributed by atoms with Crippen LogP contribution < -0.4 is 9.13 Å². The molecule has 0 unspecified atom stereocenters. The highest BCUT2D eigenvalue weighted by atomic mass is 15.2. The second kappa shape index (κ2) is 7.64. The number of benzene rings is 1. The first kappa shape index (κ1) is 24.5. The molecular weight excluding hydrogens is 442 g/mol. The van der Waals surface area contributed by atoms with Crippen molar-refractivity contribution in [2.45, 2.75) is 80.3 Å². The zero-order valence-electron chi connectivity index (χ0n) is 24.1. The number of imidazole rings is 2. The van der Waals surface area contributed by atoms with Gasteiger partial charge < -0.3 is 0 Å². The molecule has 36 heavy (non-hydrogen) atoms. The Morgan fingerprint density at radius 3 is 1.89 bits per heavy atom. The molecule has 0 amide bonds. The summed E-state index contributed by atoms with van der Waals surface area (Å²) in [5, 5.41) is 1.22. The molecule has 0 atom stereocenters. The quantitative estimate of drug-likeness (QED) is 0.295. The molecule has 188 valence electrons. The van der Waals surface area contributed by atoms with Crippen LogP contribution >= 0.6 is 0 Å². The first-order valence-electron chi connectivity index (χ1n) is 13.0. The summed E-state index contributed by atoms with van der Waals surface area (Å²) in [6, 6.07) is 8.71. The molecule has 0 fully saturated rings. The van der Waals surface area contributed by atoms with E-state index in [2.05, 4.69) is 125 Å². The van der Waals surface area contributed by atoms with E-state index < -0.39 is 0 Å². The zero-order valence-corrected chi connectivity index (χ0v) is 24.1. The molecule has 0 spiro atoms. The summed E-state index contributed by atoms with van der Waals surface area (Å²) < 4.78 is 9.49. The van der Waals surface area contributed by atoms with Gasteiger partial charge in [0.15, 0.2) is 11.4 Å². The van der Waals surface area contributed by atoms with Crippen molar-refractivity contribution in [3.63, 3.8) is 0 Å². The molecule has 4 aromatic rings. The summed E-state index contributed by atoms with van der Waals surface area (Å²) >= 11 is 0. The SMILES string of the molecule is CC1=C(C)C(C)(C)[n+]2c1c(C)n(C)c2C.Cc1c2[n+](c(C)n1C)C(C)(C)c1cc3cccnc3cc1-2. The van der Waals surface area contributed by atoms with Crippen LogP contribution in [0.25, 0.3) is 27.7 Å². The van der Waals surface area contributed by atoms with Crippen LogP contribution in [0.3, 0.4) is 0 Å². The molecule has 0 radical (unpaired) electrons. The van der Waals surface area contributed by atoms with Crippen LogP contribution in [0.5, 0.6) is 0 Å². The van der Waals surface area contributed by atoms with Crippen molar-refractivity contribution in [3.05, 3.63) is 70.3 Å². The molecule has 2 aliphatic rings. The molecule has 6 rings (SSSR count). The summed E-state index contributed by atoms with van der Waals surface area (Å²) in [6.07, 6.45) is 1.87. The smallest absolute Gasteiger partial charge is 0.254 e. The zero-order chi connectivity index (χ0) is 26.5. The van der Waals surface area contributed by atoms with E-state index in [1.165, 1.54) is 62.1 Å².